The van der Waals surface area contributed by atoms with Crippen molar-refractivity contribution in [2.75, 3.05) is 25.1 Å². The van der Waals surface area contributed by atoms with Crippen molar-refractivity contribution in [1.82, 2.24) is 4.90 Å². The first kappa shape index (κ1) is 22.4. The summed E-state index contributed by atoms with van der Waals surface area (Å²) in [5.41, 5.74) is 2.42. The van der Waals surface area contributed by atoms with Gasteiger partial charge in [-0.2, -0.15) is 0 Å². The highest BCUT2D eigenvalue weighted by Gasteiger charge is 2.34. The minimum absolute atomic E-state index is 0.262. The standard InChI is InChI=1S/C23H27FN2O5/c1-4-30-20-10-15-8-9-26(23(29)25-16-7-6-14(3)18(24)11-16)19(13-22(27)28)17(15)12-21(20)31-5-2/h6-7,10-12,19H,4-5,8-9,13H2,1-3H3,(H,25,29)(H,27,28). The minimum Gasteiger partial charge on any atom is -0.490 e. The Morgan fingerprint density at radius 3 is 2.45 bits per heavy atom. The summed E-state index contributed by atoms with van der Waals surface area (Å²) < 4.78 is 25.2. The second-order valence-corrected chi connectivity index (χ2v) is 7.31. The lowest BCUT2D eigenvalue weighted by Gasteiger charge is -2.37. The number of urea groups is 1. The van der Waals surface area contributed by atoms with Crippen molar-refractivity contribution in [3.63, 3.8) is 0 Å². The number of nitrogens with one attached hydrogen (secondary N) is 1. The Morgan fingerprint density at radius 1 is 1.16 bits per heavy atom. The van der Waals surface area contributed by atoms with E-state index in [1.54, 1.807) is 25.1 Å². The number of amides is 2. The Hall–Kier alpha value is -3.29. The van der Waals surface area contributed by atoms with Crippen LogP contribution in [0.15, 0.2) is 30.3 Å². The number of aryl methyl sites for hydroxylation is 1. The van der Waals surface area contributed by atoms with Crippen LogP contribution in [0.4, 0.5) is 14.9 Å². The molecule has 0 spiro atoms. The molecule has 166 valence electrons. The number of carboxylic acids is 1. The smallest absolute Gasteiger partial charge is 0.322 e. The summed E-state index contributed by atoms with van der Waals surface area (Å²) in [5.74, 6) is -0.330. The number of benzene rings is 2. The molecule has 0 aromatic heterocycles. The normalized spacial score (nSPS) is 15.2. The fourth-order valence-electron chi connectivity index (χ4n) is 3.74. The molecule has 1 aliphatic rings. The molecule has 31 heavy (non-hydrogen) atoms. The number of hydrogen-bond acceptors (Lipinski definition) is 4. The zero-order valence-electron chi connectivity index (χ0n) is 17.9. The third-order valence-electron chi connectivity index (χ3n) is 5.21. The lowest BCUT2D eigenvalue weighted by atomic mass is 9.90. The van der Waals surface area contributed by atoms with Crippen LogP contribution in [0.2, 0.25) is 0 Å². The number of carbonyl (C=O) groups is 2. The Morgan fingerprint density at radius 2 is 1.84 bits per heavy atom. The number of rotatable bonds is 7. The molecule has 2 aromatic rings. The zero-order valence-corrected chi connectivity index (χ0v) is 17.9. The number of hydrogen-bond donors (Lipinski definition) is 2. The van der Waals surface area contributed by atoms with Gasteiger partial charge in [-0.1, -0.05) is 6.07 Å². The number of aliphatic carboxylic acids is 1. The summed E-state index contributed by atoms with van der Waals surface area (Å²) in [6.45, 7) is 6.58. The lowest BCUT2D eigenvalue weighted by Crippen LogP contribution is -2.43. The molecule has 0 bridgehead atoms. The van der Waals surface area contributed by atoms with Gasteiger partial charge in [0.25, 0.3) is 0 Å². The Balaban J connectivity index is 1.94. The summed E-state index contributed by atoms with van der Waals surface area (Å²) in [7, 11) is 0. The first-order valence-electron chi connectivity index (χ1n) is 10.3. The van der Waals surface area contributed by atoms with E-state index in [2.05, 4.69) is 5.32 Å². The number of anilines is 1. The molecule has 7 nitrogen and oxygen atoms in total. The maximum absolute atomic E-state index is 13.9. The van der Waals surface area contributed by atoms with E-state index in [0.29, 0.717) is 54.5 Å². The fraction of sp³-hybridized carbons (Fsp3) is 0.391. The number of nitrogens with zero attached hydrogens (tertiary/aromatic N) is 1. The molecule has 1 heterocycles. The number of halogens is 1. The van der Waals surface area contributed by atoms with Crippen molar-refractivity contribution in [2.45, 2.75) is 39.7 Å². The van der Waals surface area contributed by atoms with E-state index in [4.69, 9.17) is 9.47 Å². The lowest BCUT2D eigenvalue weighted by molar-refractivity contribution is -0.138. The summed E-state index contributed by atoms with van der Waals surface area (Å²) in [5, 5.41) is 12.2. The van der Waals surface area contributed by atoms with Crippen LogP contribution in [0.3, 0.4) is 0 Å². The van der Waals surface area contributed by atoms with Gasteiger partial charge in [-0.15, -0.1) is 0 Å². The summed E-state index contributed by atoms with van der Waals surface area (Å²) in [4.78, 5) is 26.1. The van der Waals surface area contributed by atoms with E-state index < -0.39 is 23.9 Å². The van der Waals surface area contributed by atoms with Crippen molar-refractivity contribution in [3.05, 3.63) is 52.8 Å². The topological polar surface area (TPSA) is 88.1 Å². The molecule has 1 aliphatic heterocycles. The van der Waals surface area contributed by atoms with E-state index in [1.807, 2.05) is 19.9 Å². The summed E-state index contributed by atoms with van der Waals surface area (Å²) >= 11 is 0. The highest BCUT2D eigenvalue weighted by atomic mass is 19.1. The molecule has 0 radical (unpaired) electrons. The Labute approximate surface area is 180 Å². The Kier molecular flexibility index (Phi) is 6.99. The second-order valence-electron chi connectivity index (χ2n) is 7.31. The Bertz CT molecular complexity index is 979. The predicted octanol–water partition coefficient (Wildman–Crippen LogP) is 4.54. The average Bonchev–Trinajstić information content (AvgIpc) is 2.71. The fourth-order valence-corrected chi connectivity index (χ4v) is 3.74. The largest absolute Gasteiger partial charge is 0.490 e. The average molecular weight is 430 g/mol. The van der Waals surface area contributed by atoms with E-state index in [0.717, 1.165) is 5.56 Å². The predicted molar refractivity (Wildman–Crippen MR) is 114 cm³/mol. The molecule has 0 saturated carbocycles. The van der Waals surface area contributed by atoms with Crippen molar-refractivity contribution in [2.24, 2.45) is 0 Å². The van der Waals surface area contributed by atoms with Crippen LogP contribution < -0.4 is 14.8 Å². The molecule has 2 N–H and O–H groups in total. The van der Waals surface area contributed by atoms with Crippen LogP contribution in [0.5, 0.6) is 11.5 Å². The quantitative estimate of drug-likeness (QED) is 0.673. The van der Waals surface area contributed by atoms with Gasteiger partial charge in [0, 0.05) is 12.2 Å². The molecule has 0 aliphatic carbocycles. The number of fused-ring (bicyclic) bond motifs is 1. The molecule has 0 fully saturated rings. The van der Waals surface area contributed by atoms with E-state index in [9.17, 15) is 19.1 Å². The molecule has 1 atom stereocenters. The maximum atomic E-state index is 13.9. The number of carbonyl (C=O) groups excluding carboxylic acids is 1. The first-order valence-corrected chi connectivity index (χ1v) is 10.3. The molecular weight excluding hydrogens is 403 g/mol. The minimum atomic E-state index is -1.02. The SMILES string of the molecule is CCOc1cc2c(cc1OCC)C(CC(=O)O)N(C(=O)Nc1ccc(C)c(F)c1)CC2. The molecule has 2 aromatic carbocycles. The highest BCUT2D eigenvalue weighted by Crippen LogP contribution is 2.40. The van der Waals surface area contributed by atoms with Crippen LogP contribution in [0.25, 0.3) is 0 Å². The van der Waals surface area contributed by atoms with Crippen LogP contribution in [-0.4, -0.2) is 41.8 Å². The summed E-state index contributed by atoms with van der Waals surface area (Å²) in [6, 6.07) is 6.90. The van der Waals surface area contributed by atoms with Crippen molar-refractivity contribution < 1.29 is 28.6 Å². The second kappa shape index (κ2) is 9.68. The van der Waals surface area contributed by atoms with Crippen LogP contribution in [-0.2, 0) is 11.2 Å². The molecule has 2 amide bonds. The van der Waals surface area contributed by atoms with Gasteiger partial charge in [0.15, 0.2) is 11.5 Å². The van der Waals surface area contributed by atoms with E-state index in [-0.39, 0.29) is 6.42 Å². The third-order valence-corrected chi connectivity index (χ3v) is 5.21. The van der Waals surface area contributed by atoms with Gasteiger partial charge in [0.05, 0.1) is 25.7 Å². The monoisotopic (exact) mass is 430 g/mol. The summed E-state index contributed by atoms with van der Waals surface area (Å²) in [6.07, 6.45) is 0.274. The molecule has 0 saturated heterocycles. The number of ether oxygens (including phenoxy) is 2. The van der Waals surface area contributed by atoms with Gasteiger partial charge in [0.2, 0.25) is 0 Å². The van der Waals surface area contributed by atoms with Crippen molar-refractivity contribution in [1.29, 1.82) is 0 Å². The number of carboxylic acid groups (broad SMARTS) is 1. The van der Waals surface area contributed by atoms with Gasteiger partial charge in [-0.25, -0.2) is 9.18 Å². The van der Waals surface area contributed by atoms with Gasteiger partial charge >= 0.3 is 12.0 Å². The van der Waals surface area contributed by atoms with E-state index >= 15 is 0 Å². The van der Waals surface area contributed by atoms with Gasteiger partial charge in [-0.05, 0) is 68.1 Å². The van der Waals surface area contributed by atoms with Crippen molar-refractivity contribution >= 4 is 17.7 Å². The molecule has 3 rings (SSSR count). The molecule has 8 heteroatoms. The van der Waals surface area contributed by atoms with Gasteiger partial charge in [0.1, 0.15) is 5.82 Å². The molecular formula is C23H27FN2O5. The van der Waals surface area contributed by atoms with Gasteiger partial charge < -0.3 is 24.8 Å². The highest BCUT2D eigenvalue weighted by molar-refractivity contribution is 5.90. The maximum Gasteiger partial charge on any atom is 0.322 e. The van der Waals surface area contributed by atoms with Crippen LogP contribution in [0, 0.1) is 12.7 Å². The van der Waals surface area contributed by atoms with Crippen molar-refractivity contribution in [3.8, 4) is 11.5 Å². The van der Waals surface area contributed by atoms with E-state index in [1.165, 1.54) is 11.0 Å². The zero-order chi connectivity index (χ0) is 22.5. The van der Waals surface area contributed by atoms with Gasteiger partial charge in [-0.3, -0.25) is 4.79 Å². The van der Waals surface area contributed by atoms with Crippen LogP contribution in [0.1, 0.15) is 43.0 Å². The molecule has 1 unspecified atom stereocenters. The first-order chi connectivity index (χ1) is 14.8. The van der Waals surface area contributed by atoms with Crippen LogP contribution >= 0.6 is 0 Å². The third kappa shape index (κ3) is 5.07.